The van der Waals surface area contributed by atoms with Crippen LogP contribution in [0, 0.1) is 0 Å². The van der Waals surface area contributed by atoms with Gasteiger partial charge >= 0.3 is 0 Å². The van der Waals surface area contributed by atoms with Crippen LogP contribution in [0.1, 0.15) is 10.9 Å². The highest BCUT2D eigenvalue weighted by Crippen LogP contribution is 2.33. The summed E-state index contributed by atoms with van der Waals surface area (Å²) in [4.78, 5) is 9.16. The summed E-state index contributed by atoms with van der Waals surface area (Å²) in [6, 6.07) is 13.5. The molecule has 2 heterocycles. The first-order valence-corrected chi connectivity index (χ1v) is 10.1. The number of hydrogen-bond acceptors (Lipinski definition) is 7. The van der Waals surface area contributed by atoms with Crippen molar-refractivity contribution in [3.63, 3.8) is 0 Å². The molecule has 2 aromatic heterocycles. The largest absolute Gasteiger partial charge is 0.493 e. The zero-order valence-corrected chi connectivity index (χ0v) is 17.6. The molecule has 0 fully saturated rings. The molecular weight excluding hydrogens is 442 g/mol. The molecule has 0 atom stereocenters. The molecule has 6 nitrogen and oxygen atoms in total. The first-order chi connectivity index (χ1) is 13.7. The average Bonchev–Trinajstić information content (AvgIpc) is 3.38. The SMILES string of the molecule is COc1ccc(-c2csc(Cc3nc(-c4ccc(Br)cc4)no3)n2)cc1OC. The highest BCUT2D eigenvalue weighted by atomic mass is 79.9. The van der Waals surface area contributed by atoms with E-state index in [1.807, 2.05) is 47.8 Å². The molecule has 0 spiro atoms. The highest BCUT2D eigenvalue weighted by molar-refractivity contribution is 9.10. The molecule has 0 saturated carbocycles. The lowest BCUT2D eigenvalue weighted by atomic mass is 10.1. The molecule has 28 heavy (non-hydrogen) atoms. The molecule has 0 aliphatic carbocycles. The van der Waals surface area contributed by atoms with E-state index in [0.29, 0.717) is 29.6 Å². The number of nitrogens with zero attached hydrogens (tertiary/aromatic N) is 3. The molecule has 0 radical (unpaired) electrons. The van der Waals surface area contributed by atoms with Gasteiger partial charge < -0.3 is 14.0 Å². The van der Waals surface area contributed by atoms with Crippen LogP contribution in [0.2, 0.25) is 0 Å². The average molecular weight is 458 g/mol. The minimum atomic E-state index is 0.488. The highest BCUT2D eigenvalue weighted by Gasteiger charge is 2.13. The van der Waals surface area contributed by atoms with Crippen LogP contribution < -0.4 is 9.47 Å². The van der Waals surface area contributed by atoms with E-state index in [4.69, 9.17) is 14.0 Å². The van der Waals surface area contributed by atoms with Crippen LogP contribution in [-0.4, -0.2) is 29.3 Å². The van der Waals surface area contributed by atoms with Crippen LogP contribution in [0.15, 0.2) is 56.8 Å². The molecule has 0 saturated heterocycles. The predicted octanol–water partition coefficient (Wildman–Crippen LogP) is 5.23. The van der Waals surface area contributed by atoms with E-state index in [1.165, 1.54) is 0 Å². The fraction of sp³-hybridized carbons (Fsp3) is 0.150. The van der Waals surface area contributed by atoms with Crippen molar-refractivity contribution in [1.82, 2.24) is 15.1 Å². The molecule has 0 aliphatic heterocycles. The maximum atomic E-state index is 5.39. The fourth-order valence-corrected chi connectivity index (χ4v) is 3.75. The number of hydrogen-bond donors (Lipinski definition) is 0. The van der Waals surface area contributed by atoms with Gasteiger partial charge in [0.2, 0.25) is 11.7 Å². The van der Waals surface area contributed by atoms with Gasteiger partial charge in [-0.25, -0.2) is 4.98 Å². The van der Waals surface area contributed by atoms with E-state index in [1.54, 1.807) is 25.6 Å². The summed E-state index contributed by atoms with van der Waals surface area (Å²) in [5.74, 6) is 2.46. The van der Waals surface area contributed by atoms with Crippen molar-refractivity contribution in [2.45, 2.75) is 6.42 Å². The van der Waals surface area contributed by atoms with Gasteiger partial charge in [0.05, 0.1) is 26.3 Å². The number of halogens is 1. The van der Waals surface area contributed by atoms with Crippen LogP contribution in [0.4, 0.5) is 0 Å². The topological polar surface area (TPSA) is 70.3 Å². The first-order valence-electron chi connectivity index (χ1n) is 8.41. The fourth-order valence-electron chi connectivity index (χ4n) is 2.69. The zero-order valence-electron chi connectivity index (χ0n) is 15.2. The lowest BCUT2D eigenvalue weighted by Gasteiger charge is -2.08. The van der Waals surface area contributed by atoms with Gasteiger partial charge in [-0.2, -0.15) is 4.98 Å². The van der Waals surface area contributed by atoms with Gasteiger partial charge in [0.25, 0.3) is 0 Å². The van der Waals surface area contributed by atoms with Gasteiger partial charge in [-0.1, -0.05) is 21.1 Å². The number of benzene rings is 2. The Morgan fingerprint density at radius 3 is 2.46 bits per heavy atom. The summed E-state index contributed by atoms with van der Waals surface area (Å²) < 4.78 is 17.0. The Balaban J connectivity index is 1.52. The quantitative estimate of drug-likeness (QED) is 0.394. The van der Waals surface area contributed by atoms with Crippen LogP contribution in [-0.2, 0) is 6.42 Å². The van der Waals surface area contributed by atoms with Crippen molar-refractivity contribution in [1.29, 1.82) is 0 Å². The van der Waals surface area contributed by atoms with Crippen LogP contribution in [0.5, 0.6) is 11.5 Å². The van der Waals surface area contributed by atoms with Gasteiger partial charge in [0.15, 0.2) is 11.5 Å². The summed E-state index contributed by atoms with van der Waals surface area (Å²) in [6.07, 6.45) is 0.488. The second-order valence-corrected chi connectivity index (χ2v) is 7.75. The second kappa shape index (κ2) is 8.12. The monoisotopic (exact) mass is 457 g/mol. The lowest BCUT2D eigenvalue weighted by Crippen LogP contribution is -1.91. The van der Waals surface area contributed by atoms with Crippen LogP contribution in [0.25, 0.3) is 22.6 Å². The van der Waals surface area contributed by atoms with Crippen molar-refractivity contribution >= 4 is 27.3 Å². The molecule has 142 valence electrons. The molecule has 0 unspecified atom stereocenters. The molecule has 0 bridgehead atoms. The summed E-state index contributed by atoms with van der Waals surface area (Å²) in [6.45, 7) is 0. The Labute approximate surface area is 174 Å². The van der Waals surface area contributed by atoms with Crippen molar-refractivity contribution < 1.29 is 14.0 Å². The van der Waals surface area contributed by atoms with Crippen molar-refractivity contribution in [3.8, 4) is 34.1 Å². The van der Waals surface area contributed by atoms with E-state index in [0.717, 1.165) is 26.3 Å². The molecule has 4 rings (SSSR count). The van der Waals surface area contributed by atoms with Gasteiger partial charge in [-0.15, -0.1) is 11.3 Å². The number of rotatable bonds is 6. The Morgan fingerprint density at radius 2 is 1.71 bits per heavy atom. The zero-order chi connectivity index (χ0) is 19.5. The third-order valence-electron chi connectivity index (χ3n) is 4.10. The molecular formula is C20H16BrN3O3S. The molecule has 0 aliphatic rings. The molecule has 2 aromatic carbocycles. The Bertz CT molecular complexity index is 1090. The lowest BCUT2D eigenvalue weighted by molar-refractivity contribution is 0.355. The van der Waals surface area contributed by atoms with Gasteiger partial charge in [0, 0.05) is 21.0 Å². The number of aromatic nitrogens is 3. The maximum Gasteiger partial charge on any atom is 0.233 e. The Hall–Kier alpha value is -2.71. The second-order valence-electron chi connectivity index (χ2n) is 5.89. The Morgan fingerprint density at radius 1 is 0.964 bits per heavy atom. The smallest absolute Gasteiger partial charge is 0.233 e. The van der Waals surface area contributed by atoms with Crippen molar-refractivity contribution in [2.24, 2.45) is 0 Å². The molecule has 4 aromatic rings. The minimum absolute atomic E-state index is 0.488. The molecule has 0 amide bonds. The van der Waals surface area contributed by atoms with Gasteiger partial charge in [-0.05, 0) is 42.5 Å². The van der Waals surface area contributed by atoms with Gasteiger partial charge in [0.1, 0.15) is 5.01 Å². The summed E-state index contributed by atoms with van der Waals surface area (Å²) in [5.41, 5.74) is 2.73. The third-order valence-corrected chi connectivity index (χ3v) is 5.48. The third kappa shape index (κ3) is 3.93. The number of thiazole rings is 1. The summed E-state index contributed by atoms with van der Waals surface area (Å²) >= 11 is 4.97. The standard InChI is InChI=1S/C20H16BrN3O3S/c1-25-16-8-5-13(9-17(16)26-2)15-11-28-19(22-15)10-18-23-20(24-27-18)12-3-6-14(21)7-4-12/h3-9,11H,10H2,1-2H3. The van der Waals surface area contributed by atoms with Gasteiger partial charge in [-0.3, -0.25) is 0 Å². The minimum Gasteiger partial charge on any atom is -0.493 e. The summed E-state index contributed by atoms with van der Waals surface area (Å²) in [7, 11) is 3.23. The van der Waals surface area contributed by atoms with E-state index < -0.39 is 0 Å². The number of methoxy groups -OCH3 is 2. The van der Waals surface area contributed by atoms with Crippen LogP contribution in [0.3, 0.4) is 0 Å². The maximum absolute atomic E-state index is 5.39. The predicted molar refractivity (Wildman–Crippen MR) is 111 cm³/mol. The first kappa shape index (κ1) is 18.6. The van der Waals surface area contributed by atoms with Crippen molar-refractivity contribution in [3.05, 3.63) is 63.2 Å². The molecule has 0 N–H and O–H groups in total. The van der Waals surface area contributed by atoms with E-state index in [-0.39, 0.29) is 0 Å². The number of ether oxygens (including phenoxy) is 2. The normalized spacial score (nSPS) is 10.8. The summed E-state index contributed by atoms with van der Waals surface area (Å²) in [5, 5.41) is 6.97. The van der Waals surface area contributed by atoms with E-state index in [2.05, 4.69) is 31.1 Å². The van der Waals surface area contributed by atoms with E-state index >= 15 is 0 Å². The van der Waals surface area contributed by atoms with Crippen molar-refractivity contribution in [2.75, 3.05) is 14.2 Å². The molecule has 8 heteroatoms. The Kier molecular flexibility index (Phi) is 5.40. The van der Waals surface area contributed by atoms with E-state index in [9.17, 15) is 0 Å². The van der Waals surface area contributed by atoms with Crippen LogP contribution >= 0.6 is 27.3 Å².